The van der Waals surface area contributed by atoms with Crippen LogP contribution in [-0.2, 0) is 6.54 Å². The van der Waals surface area contributed by atoms with Gasteiger partial charge in [0.05, 0.1) is 20.3 Å². The summed E-state index contributed by atoms with van der Waals surface area (Å²) in [7, 11) is 1.63. The molecule has 5 nitrogen and oxygen atoms in total. The number of hydrogen-bond donors (Lipinski definition) is 1. The minimum atomic E-state index is -0.155. The van der Waals surface area contributed by atoms with E-state index in [-0.39, 0.29) is 5.91 Å². The molecule has 0 unspecified atom stereocenters. The standard InChI is InChI=1S/C21H27NO4/c1-5-25-20-12-17(8-11-19(20)26-14-15(2)3)21(23)22-13-16-6-9-18(24-4)10-7-16/h6-12,15H,5,13-14H2,1-4H3,(H,22,23). The number of ether oxygens (including phenoxy) is 3. The van der Waals surface area contributed by atoms with E-state index in [9.17, 15) is 4.79 Å². The van der Waals surface area contributed by atoms with Gasteiger partial charge in [0.2, 0.25) is 0 Å². The molecule has 0 atom stereocenters. The maximum atomic E-state index is 12.4. The number of methoxy groups -OCH3 is 1. The van der Waals surface area contributed by atoms with Crippen LogP contribution in [-0.4, -0.2) is 26.2 Å². The van der Waals surface area contributed by atoms with Gasteiger partial charge in [-0.3, -0.25) is 4.79 Å². The molecule has 140 valence electrons. The summed E-state index contributed by atoms with van der Waals surface area (Å²) < 4.78 is 16.5. The molecule has 1 N–H and O–H groups in total. The van der Waals surface area contributed by atoms with Crippen LogP contribution in [0.2, 0.25) is 0 Å². The molecule has 2 aromatic rings. The Morgan fingerprint density at radius 1 is 1.04 bits per heavy atom. The maximum absolute atomic E-state index is 12.4. The predicted octanol–water partition coefficient (Wildman–Crippen LogP) is 4.06. The van der Waals surface area contributed by atoms with Crippen LogP contribution in [0.5, 0.6) is 17.2 Å². The number of carbonyl (C=O) groups excluding carboxylic acids is 1. The normalized spacial score (nSPS) is 10.5. The average Bonchev–Trinajstić information content (AvgIpc) is 2.65. The molecule has 0 heterocycles. The fourth-order valence-corrected chi connectivity index (χ4v) is 2.32. The summed E-state index contributed by atoms with van der Waals surface area (Å²) >= 11 is 0. The molecule has 0 aliphatic heterocycles. The van der Waals surface area contributed by atoms with E-state index in [4.69, 9.17) is 14.2 Å². The molecule has 0 aliphatic carbocycles. The van der Waals surface area contributed by atoms with Gasteiger partial charge in [-0.15, -0.1) is 0 Å². The van der Waals surface area contributed by atoms with Crippen LogP contribution in [0, 0.1) is 5.92 Å². The van der Waals surface area contributed by atoms with Crippen molar-refractivity contribution in [1.82, 2.24) is 5.32 Å². The zero-order chi connectivity index (χ0) is 18.9. The summed E-state index contributed by atoms with van der Waals surface area (Å²) in [5.41, 5.74) is 1.54. The Morgan fingerprint density at radius 2 is 1.77 bits per heavy atom. The van der Waals surface area contributed by atoms with Gasteiger partial charge in [0.1, 0.15) is 5.75 Å². The third-order valence-electron chi connectivity index (χ3n) is 3.69. The van der Waals surface area contributed by atoms with Gasteiger partial charge in [-0.05, 0) is 48.7 Å². The molecular formula is C21H27NO4. The Labute approximate surface area is 155 Å². The quantitative estimate of drug-likeness (QED) is 0.735. The number of hydrogen-bond acceptors (Lipinski definition) is 4. The van der Waals surface area contributed by atoms with E-state index in [2.05, 4.69) is 19.2 Å². The highest BCUT2D eigenvalue weighted by Crippen LogP contribution is 2.29. The first-order valence-corrected chi connectivity index (χ1v) is 8.84. The fourth-order valence-electron chi connectivity index (χ4n) is 2.32. The number of amides is 1. The number of carbonyl (C=O) groups is 1. The Hall–Kier alpha value is -2.69. The molecule has 2 rings (SSSR count). The minimum Gasteiger partial charge on any atom is -0.497 e. The first kappa shape index (κ1) is 19.6. The lowest BCUT2D eigenvalue weighted by Crippen LogP contribution is -2.22. The van der Waals surface area contributed by atoms with Gasteiger partial charge < -0.3 is 19.5 Å². The van der Waals surface area contributed by atoms with Gasteiger partial charge >= 0.3 is 0 Å². The smallest absolute Gasteiger partial charge is 0.251 e. The zero-order valence-electron chi connectivity index (χ0n) is 15.9. The van der Waals surface area contributed by atoms with Crippen molar-refractivity contribution in [3.05, 3.63) is 53.6 Å². The molecule has 0 radical (unpaired) electrons. The molecule has 0 saturated carbocycles. The summed E-state index contributed by atoms with van der Waals surface area (Å²) in [6, 6.07) is 12.9. The van der Waals surface area contributed by atoms with Crippen LogP contribution in [0.4, 0.5) is 0 Å². The van der Waals surface area contributed by atoms with Crippen LogP contribution in [0.25, 0.3) is 0 Å². The summed E-state index contributed by atoms with van der Waals surface area (Å²) in [5.74, 6) is 2.30. The van der Waals surface area contributed by atoms with Crippen molar-refractivity contribution >= 4 is 5.91 Å². The Bertz CT molecular complexity index is 710. The molecule has 0 fully saturated rings. The molecule has 2 aromatic carbocycles. The van der Waals surface area contributed by atoms with Crippen LogP contribution in [0.15, 0.2) is 42.5 Å². The monoisotopic (exact) mass is 357 g/mol. The highest BCUT2D eigenvalue weighted by Gasteiger charge is 2.12. The highest BCUT2D eigenvalue weighted by molar-refractivity contribution is 5.94. The molecule has 26 heavy (non-hydrogen) atoms. The Morgan fingerprint density at radius 3 is 2.38 bits per heavy atom. The van der Waals surface area contributed by atoms with Gasteiger partial charge in [-0.25, -0.2) is 0 Å². The van der Waals surface area contributed by atoms with Crippen molar-refractivity contribution in [2.45, 2.75) is 27.3 Å². The summed E-state index contributed by atoms with van der Waals surface area (Å²) in [4.78, 5) is 12.4. The van der Waals surface area contributed by atoms with Gasteiger partial charge in [0.15, 0.2) is 11.5 Å². The molecular weight excluding hydrogens is 330 g/mol. The lowest BCUT2D eigenvalue weighted by atomic mass is 10.1. The van der Waals surface area contributed by atoms with E-state index in [1.54, 1.807) is 25.3 Å². The highest BCUT2D eigenvalue weighted by atomic mass is 16.5. The van der Waals surface area contributed by atoms with Crippen LogP contribution in [0.1, 0.15) is 36.7 Å². The molecule has 0 spiro atoms. The molecule has 0 aliphatic rings. The van der Waals surface area contributed by atoms with E-state index >= 15 is 0 Å². The van der Waals surface area contributed by atoms with Crippen molar-refractivity contribution in [2.24, 2.45) is 5.92 Å². The fraction of sp³-hybridized carbons (Fsp3) is 0.381. The third-order valence-corrected chi connectivity index (χ3v) is 3.69. The first-order valence-electron chi connectivity index (χ1n) is 8.84. The molecule has 0 saturated heterocycles. The van der Waals surface area contributed by atoms with E-state index in [1.165, 1.54) is 0 Å². The van der Waals surface area contributed by atoms with Gasteiger partial charge in [0, 0.05) is 12.1 Å². The Kier molecular flexibility index (Phi) is 7.33. The molecule has 5 heteroatoms. The third kappa shape index (κ3) is 5.69. The number of nitrogens with one attached hydrogen (secondary N) is 1. The first-order chi connectivity index (χ1) is 12.5. The lowest BCUT2D eigenvalue weighted by molar-refractivity contribution is 0.0950. The second-order valence-electron chi connectivity index (χ2n) is 6.33. The van der Waals surface area contributed by atoms with Crippen LogP contribution >= 0.6 is 0 Å². The van der Waals surface area contributed by atoms with Crippen LogP contribution < -0.4 is 19.5 Å². The van der Waals surface area contributed by atoms with Gasteiger partial charge in [-0.2, -0.15) is 0 Å². The summed E-state index contributed by atoms with van der Waals surface area (Å²) in [6.07, 6.45) is 0. The second kappa shape index (κ2) is 9.70. The van der Waals surface area contributed by atoms with E-state index in [1.807, 2.05) is 31.2 Å². The average molecular weight is 357 g/mol. The van der Waals surface area contributed by atoms with Gasteiger partial charge in [-0.1, -0.05) is 26.0 Å². The number of benzene rings is 2. The second-order valence-corrected chi connectivity index (χ2v) is 6.33. The van der Waals surface area contributed by atoms with Crippen LogP contribution in [0.3, 0.4) is 0 Å². The SMILES string of the molecule is CCOc1cc(C(=O)NCc2ccc(OC)cc2)ccc1OCC(C)C. The van der Waals surface area contributed by atoms with E-state index in [0.717, 1.165) is 11.3 Å². The van der Waals surface area contributed by atoms with Crippen molar-refractivity contribution in [2.75, 3.05) is 20.3 Å². The molecule has 1 amide bonds. The van der Waals surface area contributed by atoms with E-state index in [0.29, 0.717) is 42.7 Å². The summed E-state index contributed by atoms with van der Waals surface area (Å²) in [6.45, 7) is 7.63. The predicted molar refractivity (Wildman–Crippen MR) is 102 cm³/mol. The van der Waals surface area contributed by atoms with Crippen molar-refractivity contribution in [1.29, 1.82) is 0 Å². The van der Waals surface area contributed by atoms with E-state index < -0.39 is 0 Å². The largest absolute Gasteiger partial charge is 0.497 e. The maximum Gasteiger partial charge on any atom is 0.251 e. The molecule has 0 bridgehead atoms. The molecule has 0 aromatic heterocycles. The van der Waals surface area contributed by atoms with Crippen molar-refractivity contribution in [3.63, 3.8) is 0 Å². The zero-order valence-corrected chi connectivity index (χ0v) is 15.9. The number of rotatable bonds is 9. The van der Waals surface area contributed by atoms with Crippen molar-refractivity contribution < 1.29 is 19.0 Å². The van der Waals surface area contributed by atoms with Gasteiger partial charge in [0.25, 0.3) is 5.91 Å². The minimum absolute atomic E-state index is 0.155. The lowest BCUT2D eigenvalue weighted by Gasteiger charge is -2.14. The Balaban J connectivity index is 2.03. The topological polar surface area (TPSA) is 56.8 Å². The van der Waals surface area contributed by atoms with Crippen molar-refractivity contribution in [3.8, 4) is 17.2 Å². The summed E-state index contributed by atoms with van der Waals surface area (Å²) in [5, 5.41) is 2.92.